The van der Waals surface area contributed by atoms with Gasteiger partial charge in [-0.3, -0.25) is 10.0 Å². The van der Waals surface area contributed by atoms with Crippen LogP contribution in [0.4, 0.5) is 4.79 Å². The fourth-order valence-electron chi connectivity index (χ4n) is 3.40. The third kappa shape index (κ3) is 2.63. The number of rotatable bonds is 4. The molecule has 0 spiro atoms. The van der Waals surface area contributed by atoms with E-state index in [4.69, 9.17) is 0 Å². The van der Waals surface area contributed by atoms with Crippen LogP contribution in [-0.2, 0) is 9.59 Å². The Labute approximate surface area is 123 Å². The van der Waals surface area contributed by atoms with E-state index in [9.17, 15) is 19.6 Å². The van der Waals surface area contributed by atoms with Gasteiger partial charge < -0.3 is 19.8 Å². The first-order valence-corrected chi connectivity index (χ1v) is 7.35. The number of fused-ring (bicyclic) bond motifs is 2. The number of carbonyl (C=O) groups excluding carboxylic acids is 3. The SMILES string of the molecule is O=CBN1CCC(NC(=O)[C@@H]2C[C@@H]3CN2C(=O)N3O)CC1. The lowest BCUT2D eigenvalue weighted by atomic mass is 9.89. The molecule has 0 saturated carbocycles. The van der Waals surface area contributed by atoms with Gasteiger partial charge in [-0.05, 0) is 25.9 Å². The summed E-state index contributed by atoms with van der Waals surface area (Å²) < 4.78 is 0. The molecule has 0 aromatic heterocycles. The van der Waals surface area contributed by atoms with Crippen LogP contribution in [0.5, 0.6) is 0 Å². The molecule has 0 unspecified atom stereocenters. The van der Waals surface area contributed by atoms with Crippen LogP contribution >= 0.6 is 0 Å². The third-order valence-electron chi connectivity index (χ3n) is 4.64. The number of hydrogen-bond acceptors (Lipinski definition) is 5. The Bertz CT molecular complexity index is 455. The van der Waals surface area contributed by atoms with Gasteiger partial charge in [0.15, 0.2) is 0 Å². The van der Waals surface area contributed by atoms with Crippen LogP contribution in [0.3, 0.4) is 0 Å². The average Bonchev–Trinajstić information content (AvgIpc) is 3.02. The van der Waals surface area contributed by atoms with Gasteiger partial charge in [0.05, 0.1) is 12.2 Å². The Kier molecular flexibility index (Phi) is 3.86. The average molecular weight is 294 g/mol. The van der Waals surface area contributed by atoms with Crippen LogP contribution in [0.25, 0.3) is 0 Å². The van der Waals surface area contributed by atoms with Crippen molar-refractivity contribution in [3.63, 3.8) is 0 Å². The van der Waals surface area contributed by atoms with Gasteiger partial charge in [0.1, 0.15) is 6.04 Å². The second-order valence-corrected chi connectivity index (χ2v) is 5.93. The summed E-state index contributed by atoms with van der Waals surface area (Å²) >= 11 is 0. The predicted molar refractivity (Wildman–Crippen MR) is 74.6 cm³/mol. The molecule has 0 aliphatic carbocycles. The highest BCUT2D eigenvalue weighted by Crippen LogP contribution is 2.30. The predicted octanol–water partition coefficient (Wildman–Crippen LogP) is -1.62. The largest absolute Gasteiger partial charge is 0.351 e. The fraction of sp³-hybridized carbons (Fsp3) is 0.750. The number of carbonyl (C=O) groups is 3. The maximum absolute atomic E-state index is 12.3. The van der Waals surface area contributed by atoms with E-state index in [1.54, 1.807) is 0 Å². The van der Waals surface area contributed by atoms with E-state index in [-0.39, 0.29) is 18.0 Å². The molecule has 2 bridgehead atoms. The van der Waals surface area contributed by atoms with Gasteiger partial charge in [0.25, 0.3) is 7.41 Å². The summed E-state index contributed by atoms with van der Waals surface area (Å²) in [4.78, 5) is 37.9. The molecule has 3 amide bonds. The molecule has 0 aromatic rings. The standard InChI is InChI=1S/C12H19BN4O4/c18-7-13-15-3-1-8(2-4-15)14-11(19)10-5-9-6-16(10)12(20)17(9)21/h7-10,13,21H,1-6H2,(H,14,19)/t9-,10+/m1/s1. The maximum Gasteiger partial charge on any atom is 0.344 e. The van der Waals surface area contributed by atoms with Crippen LogP contribution in [0.1, 0.15) is 19.3 Å². The van der Waals surface area contributed by atoms with Crippen LogP contribution in [0, 0.1) is 0 Å². The lowest BCUT2D eigenvalue weighted by Gasteiger charge is -2.33. The summed E-state index contributed by atoms with van der Waals surface area (Å²) in [6.07, 6.45) is 3.01. The van der Waals surface area contributed by atoms with E-state index in [0.717, 1.165) is 37.2 Å². The number of nitrogens with one attached hydrogen (secondary N) is 1. The summed E-state index contributed by atoms with van der Waals surface area (Å²) in [5.41, 5.74) is 0. The quantitative estimate of drug-likeness (QED) is 0.369. The molecule has 3 heterocycles. The minimum atomic E-state index is -0.479. The van der Waals surface area contributed by atoms with Gasteiger partial charge in [0, 0.05) is 19.0 Å². The van der Waals surface area contributed by atoms with Crippen molar-refractivity contribution in [2.45, 2.75) is 37.4 Å². The molecule has 3 rings (SSSR count). The topological polar surface area (TPSA) is 93.2 Å². The summed E-state index contributed by atoms with van der Waals surface area (Å²) in [5.74, 6) is -0.132. The number of hydroxylamine groups is 2. The monoisotopic (exact) mass is 294 g/mol. The molecular formula is C12H19BN4O4. The number of piperidine rings is 1. The van der Waals surface area contributed by atoms with Gasteiger partial charge in [-0.2, -0.15) is 0 Å². The zero-order valence-corrected chi connectivity index (χ0v) is 11.8. The second kappa shape index (κ2) is 5.65. The van der Waals surface area contributed by atoms with Gasteiger partial charge >= 0.3 is 6.03 Å². The van der Waals surface area contributed by atoms with Gasteiger partial charge in [-0.15, -0.1) is 0 Å². The molecule has 3 aliphatic rings. The van der Waals surface area contributed by atoms with E-state index >= 15 is 0 Å². The van der Waals surface area contributed by atoms with Gasteiger partial charge in [0.2, 0.25) is 5.91 Å². The van der Waals surface area contributed by atoms with Crippen molar-refractivity contribution in [3.8, 4) is 0 Å². The first kappa shape index (κ1) is 14.3. The van der Waals surface area contributed by atoms with E-state index in [0.29, 0.717) is 20.4 Å². The third-order valence-corrected chi connectivity index (χ3v) is 4.64. The fourth-order valence-corrected chi connectivity index (χ4v) is 3.40. The zero-order valence-electron chi connectivity index (χ0n) is 11.8. The second-order valence-electron chi connectivity index (χ2n) is 5.93. The van der Waals surface area contributed by atoms with Crippen LogP contribution < -0.4 is 5.32 Å². The number of amides is 3. The molecule has 9 heteroatoms. The Balaban J connectivity index is 1.50. The van der Waals surface area contributed by atoms with Crippen molar-refractivity contribution in [1.82, 2.24) is 20.1 Å². The Morgan fingerprint density at radius 1 is 1.38 bits per heavy atom. The maximum atomic E-state index is 12.3. The van der Waals surface area contributed by atoms with Crippen molar-refractivity contribution in [1.29, 1.82) is 0 Å². The highest BCUT2D eigenvalue weighted by atomic mass is 16.5. The van der Waals surface area contributed by atoms with Crippen LogP contribution in [-0.4, -0.2) is 83.3 Å². The summed E-state index contributed by atoms with van der Waals surface area (Å²) in [5, 5.41) is 13.2. The summed E-state index contributed by atoms with van der Waals surface area (Å²) in [6.45, 7) is 2.01. The lowest BCUT2D eigenvalue weighted by molar-refractivity contribution is -0.128. The van der Waals surface area contributed by atoms with Crippen molar-refractivity contribution < 1.29 is 19.6 Å². The first-order chi connectivity index (χ1) is 10.1. The van der Waals surface area contributed by atoms with E-state index in [1.807, 2.05) is 0 Å². The lowest BCUT2D eigenvalue weighted by Crippen LogP contribution is -2.54. The molecule has 2 N–H and O–H groups in total. The van der Waals surface area contributed by atoms with Crippen LogP contribution in [0.2, 0.25) is 0 Å². The zero-order chi connectivity index (χ0) is 15.0. The Morgan fingerprint density at radius 2 is 2.10 bits per heavy atom. The molecule has 3 fully saturated rings. The molecule has 0 aromatic carbocycles. The smallest absolute Gasteiger partial charge is 0.344 e. The number of hydrogen-bond donors (Lipinski definition) is 2. The summed E-state index contributed by atoms with van der Waals surface area (Å²) in [7, 11) is 0.444. The van der Waals surface area contributed by atoms with Gasteiger partial charge in [-0.1, -0.05) is 0 Å². The summed E-state index contributed by atoms with van der Waals surface area (Å²) in [6, 6.07) is -1.10. The number of nitrogens with zero attached hydrogens (tertiary/aromatic N) is 3. The molecule has 114 valence electrons. The number of urea groups is 1. The highest BCUT2D eigenvalue weighted by Gasteiger charge is 2.51. The molecule has 0 radical (unpaired) electrons. The van der Waals surface area contributed by atoms with Crippen molar-refractivity contribution >= 4 is 25.5 Å². The molecular weight excluding hydrogens is 275 g/mol. The minimum absolute atomic E-state index is 0.0982. The van der Waals surface area contributed by atoms with E-state index in [1.165, 1.54) is 4.90 Å². The van der Waals surface area contributed by atoms with Crippen molar-refractivity contribution in [2.75, 3.05) is 19.6 Å². The molecule has 21 heavy (non-hydrogen) atoms. The van der Waals surface area contributed by atoms with E-state index in [2.05, 4.69) is 10.1 Å². The minimum Gasteiger partial charge on any atom is -0.351 e. The molecule has 8 nitrogen and oxygen atoms in total. The Morgan fingerprint density at radius 3 is 2.67 bits per heavy atom. The van der Waals surface area contributed by atoms with E-state index < -0.39 is 12.1 Å². The molecule has 3 aliphatic heterocycles. The highest BCUT2D eigenvalue weighted by molar-refractivity contribution is 6.64. The van der Waals surface area contributed by atoms with Gasteiger partial charge in [-0.25, -0.2) is 9.86 Å². The van der Waals surface area contributed by atoms with Crippen molar-refractivity contribution in [3.05, 3.63) is 0 Å². The van der Waals surface area contributed by atoms with Crippen molar-refractivity contribution in [2.24, 2.45) is 0 Å². The molecule has 2 atom stereocenters. The molecule has 3 saturated heterocycles. The first-order valence-electron chi connectivity index (χ1n) is 7.35. The normalized spacial score (nSPS) is 29.9. The van der Waals surface area contributed by atoms with Crippen LogP contribution in [0.15, 0.2) is 0 Å². The Hall–Kier alpha value is -1.61.